The molecular formula is C23H22N4O2. The largest absolute Gasteiger partial charge is 0.497 e. The highest BCUT2D eigenvalue weighted by Gasteiger charge is 2.39. The van der Waals surface area contributed by atoms with Gasteiger partial charge in [0.15, 0.2) is 5.78 Å². The maximum atomic E-state index is 13.4. The lowest BCUT2D eigenvalue weighted by atomic mass is 9.77. The van der Waals surface area contributed by atoms with Gasteiger partial charge in [0.1, 0.15) is 18.1 Å². The first-order valence-electron chi connectivity index (χ1n) is 9.78. The van der Waals surface area contributed by atoms with Crippen LogP contribution in [0.1, 0.15) is 41.5 Å². The minimum Gasteiger partial charge on any atom is -0.497 e. The van der Waals surface area contributed by atoms with Crippen LogP contribution in [0.4, 0.5) is 5.95 Å². The number of nitrogens with zero attached hydrogens (tertiary/aromatic N) is 3. The lowest BCUT2D eigenvalue weighted by Gasteiger charge is -2.35. The standard InChI is InChI=1S/C23H22N4O2/c1-14-5-3-4-6-18(14)16-11-19-21(20(28)12-16)22(27-23(26-19)24-13-25-27)15-7-9-17(29-2)10-8-15/h3-10,13,16,22H,11-12H2,1-2H3,(H,24,25,26)/t16-,22-/m1/s1. The molecule has 0 bridgehead atoms. The minimum absolute atomic E-state index is 0.161. The normalized spacial score (nSPS) is 20.7. The van der Waals surface area contributed by atoms with E-state index in [9.17, 15) is 4.79 Å². The Kier molecular flexibility index (Phi) is 4.19. The molecule has 1 aromatic heterocycles. The van der Waals surface area contributed by atoms with Gasteiger partial charge in [0.25, 0.3) is 0 Å². The number of allylic oxidation sites excluding steroid dienone is 2. The molecule has 0 fully saturated rings. The highest BCUT2D eigenvalue weighted by atomic mass is 16.5. The Morgan fingerprint density at radius 2 is 1.90 bits per heavy atom. The fourth-order valence-electron chi connectivity index (χ4n) is 4.51. The molecule has 2 aliphatic rings. The number of carbonyl (C=O) groups is 1. The fourth-order valence-corrected chi connectivity index (χ4v) is 4.51. The topological polar surface area (TPSA) is 69.0 Å². The van der Waals surface area contributed by atoms with Gasteiger partial charge >= 0.3 is 0 Å². The van der Waals surface area contributed by atoms with Gasteiger partial charge < -0.3 is 10.1 Å². The van der Waals surface area contributed by atoms with Crippen LogP contribution in [0.5, 0.6) is 5.75 Å². The summed E-state index contributed by atoms with van der Waals surface area (Å²) in [5, 5.41) is 7.77. The van der Waals surface area contributed by atoms with Crippen LogP contribution < -0.4 is 10.1 Å². The van der Waals surface area contributed by atoms with Gasteiger partial charge in [-0.25, -0.2) is 4.68 Å². The van der Waals surface area contributed by atoms with E-state index in [0.29, 0.717) is 12.4 Å². The summed E-state index contributed by atoms with van der Waals surface area (Å²) in [5.41, 5.74) is 5.20. The molecule has 146 valence electrons. The van der Waals surface area contributed by atoms with Crippen LogP contribution in [0, 0.1) is 6.92 Å². The van der Waals surface area contributed by atoms with Crippen LogP contribution >= 0.6 is 0 Å². The molecular weight excluding hydrogens is 364 g/mol. The number of carbonyl (C=O) groups excluding carboxylic acids is 1. The highest BCUT2D eigenvalue weighted by Crippen LogP contribution is 2.44. The van der Waals surface area contributed by atoms with Crippen LogP contribution in [0.15, 0.2) is 66.1 Å². The van der Waals surface area contributed by atoms with Crippen LogP contribution in [0.3, 0.4) is 0 Å². The smallest absolute Gasteiger partial charge is 0.226 e. The van der Waals surface area contributed by atoms with E-state index in [-0.39, 0.29) is 17.7 Å². The number of Topliss-reactive ketones (excluding diaryl/α,β-unsaturated/α-hetero) is 1. The Bertz CT molecular complexity index is 1110. The number of hydrogen-bond donors (Lipinski definition) is 1. The number of anilines is 1. The predicted octanol–water partition coefficient (Wildman–Crippen LogP) is 4.01. The summed E-state index contributed by atoms with van der Waals surface area (Å²) in [5.74, 6) is 1.78. The lowest BCUT2D eigenvalue weighted by Crippen LogP contribution is -2.33. The molecule has 1 aliphatic heterocycles. The van der Waals surface area contributed by atoms with Crippen molar-refractivity contribution in [3.63, 3.8) is 0 Å². The van der Waals surface area contributed by atoms with E-state index in [1.807, 2.05) is 36.4 Å². The molecule has 0 spiro atoms. The van der Waals surface area contributed by atoms with Crippen LogP contribution in [-0.4, -0.2) is 27.7 Å². The summed E-state index contributed by atoms with van der Waals surface area (Å²) in [7, 11) is 1.64. The quantitative estimate of drug-likeness (QED) is 0.737. The van der Waals surface area contributed by atoms with Crippen molar-refractivity contribution in [3.05, 3.63) is 82.8 Å². The zero-order chi connectivity index (χ0) is 20.0. The number of ether oxygens (including phenoxy) is 1. The van der Waals surface area contributed by atoms with E-state index in [0.717, 1.165) is 29.0 Å². The van der Waals surface area contributed by atoms with Gasteiger partial charge in [0.05, 0.1) is 7.11 Å². The number of hydrogen-bond acceptors (Lipinski definition) is 5. The molecule has 2 heterocycles. The minimum atomic E-state index is -0.278. The fraction of sp³-hybridized carbons (Fsp3) is 0.261. The molecule has 2 aromatic carbocycles. The molecule has 2 atom stereocenters. The van der Waals surface area contributed by atoms with E-state index in [1.165, 1.54) is 17.5 Å². The van der Waals surface area contributed by atoms with Gasteiger partial charge in [0, 0.05) is 17.7 Å². The number of nitrogens with one attached hydrogen (secondary N) is 1. The summed E-state index contributed by atoms with van der Waals surface area (Å²) in [6.45, 7) is 2.11. The molecule has 0 radical (unpaired) electrons. The van der Waals surface area contributed by atoms with Crippen molar-refractivity contribution < 1.29 is 9.53 Å². The Hall–Kier alpha value is -3.41. The van der Waals surface area contributed by atoms with Gasteiger partial charge in [0.2, 0.25) is 5.95 Å². The molecule has 0 saturated heterocycles. The summed E-state index contributed by atoms with van der Waals surface area (Å²) < 4.78 is 7.09. The second kappa shape index (κ2) is 6.88. The maximum absolute atomic E-state index is 13.4. The van der Waals surface area contributed by atoms with Crippen molar-refractivity contribution in [2.45, 2.75) is 31.7 Å². The molecule has 5 rings (SSSR count). The molecule has 3 aromatic rings. The number of ketones is 1. The molecule has 1 aliphatic carbocycles. The first kappa shape index (κ1) is 17.7. The Labute approximate surface area is 169 Å². The third kappa shape index (κ3) is 2.92. The molecule has 6 nitrogen and oxygen atoms in total. The van der Waals surface area contributed by atoms with Crippen molar-refractivity contribution in [1.29, 1.82) is 0 Å². The monoisotopic (exact) mass is 386 g/mol. The van der Waals surface area contributed by atoms with E-state index >= 15 is 0 Å². The average molecular weight is 386 g/mol. The second-order valence-corrected chi connectivity index (χ2v) is 7.61. The van der Waals surface area contributed by atoms with E-state index in [1.54, 1.807) is 11.8 Å². The summed E-state index contributed by atoms with van der Waals surface area (Å²) in [6.07, 6.45) is 2.81. The Morgan fingerprint density at radius 3 is 2.66 bits per heavy atom. The third-order valence-electron chi connectivity index (χ3n) is 5.92. The summed E-state index contributed by atoms with van der Waals surface area (Å²) in [4.78, 5) is 17.7. The van der Waals surface area contributed by atoms with Crippen molar-refractivity contribution in [3.8, 4) is 5.75 Å². The van der Waals surface area contributed by atoms with E-state index in [2.05, 4.69) is 34.5 Å². The summed E-state index contributed by atoms with van der Waals surface area (Å²) >= 11 is 0. The van der Waals surface area contributed by atoms with Crippen molar-refractivity contribution in [2.75, 3.05) is 12.4 Å². The van der Waals surface area contributed by atoms with Gasteiger partial charge in [-0.2, -0.15) is 10.1 Å². The first-order chi connectivity index (χ1) is 14.2. The van der Waals surface area contributed by atoms with Crippen LogP contribution in [-0.2, 0) is 4.79 Å². The molecule has 29 heavy (non-hydrogen) atoms. The first-order valence-corrected chi connectivity index (χ1v) is 9.78. The number of aromatic nitrogens is 3. The highest BCUT2D eigenvalue weighted by molar-refractivity contribution is 6.00. The zero-order valence-corrected chi connectivity index (χ0v) is 16.4. The molecule has 0 amide bonds. The van der Waals surface area contributed by atoms with E-state index in [4.69, 9.17) is 4.74 Å². The average Bonchev–Trinajstić information content (AvgIpc) is 3.20. The maximum Gasteiger partial charge on any atom is 0.226 e. The Morgan fingerprint density at radius 1 is 1.10 bits per heavy atom. The van der Waals surface area contributed by atoms with Crippen molar-refractivity contribution in [2.24, 2.45) is 0 Å². The van der Waals surface area contributed by atoms with Crippen LogP contribution in [0.2, 0.25) is 0 Å². The zero-order valence-electron chi connectivity index (χ0n) is 16.4. The number of rotatable bonds is 3. The number of methoxy groups -OCH3 is 1. The van der Waals surface area contributed by atoms with Gasteiger partial charge in [-0.1, -0.05) is 36.4 Å². The van der Waals surface area contributed by atoms with E-state index < -0.39 is 0 Å². The predicted molar refractivity (Wildman–Crippen MR) is 110 cm³/mol. The van der Waals surface area contributed by atoms with Crippen molar-refractivity contribution in [1.82, 2.24) is 14.8 Å². The molecule has 6 heteroatoms. The van der Waals surface area contributed by atoms with Gasteiger partial charge in [-0.15, -0.1) is 0 Å². The SMILES string of the molecule is COc1ccc([C@@H]2C3=C(C[C@@H](c4ccccc4C)CC3=O)Nc3ncnn32)cc1. The lowest BCUT2D eigenvalue weighted by molar-refractivity contribution is -0.116. The van der Waals surface area contributed by atoms with Gasteiger partial charge in [-0.3, -0.25) is 4.79 Å². The van der Waals surface area contributed by atoms with Crippen molar-refractivity contribution >= 4 is 11.7 Å². The summed E-state index contributed by atoms with van der Waals surface area (Å²) in [6, 6.07) is 15.9. The molecule has 0 unspecified atom stereocenters. The Balaban J connectivity index is 1.59. The second-order valence-electron chi connectivity index (χ2n) is 7.61. The number of benzene rings is 2. The van der Waals surface area contributed by atoms with Gasteiger partial charge in [-0.05, 0) is 48.1 Å². The third-order valence-corrected chi connectivity index (χ3v) is 5.92. The molecule has 0 saturated carbocycles. The number of fused-ring (bicyclic) bond motifs is 1. The van der Waals surface area contributed by atoms with Crippen LogP contribution in [0.25, 0.3) is 0 Å². The molecule has 1 N–H and O–H groups in total. The number of aryl methyl sites for hydroxylation is 1.